The third-order valence-electron chi connectivity index (χ3n) is 3.19. The van der Waals surface area contributed by atoms with Gasteiger partial charge in [0.25, 0.3) is 10.0 Å². The number of aryl methyl sites for hydroxylation is 1. The molecule has 6 nitrogen and oxygen atoms in total. The molecule has 2 heterocycles. The van der Waals surface area contributed by atoms with Crippen LogP contribution in [0.1, 0.15) is 19.8 Å². The van der Waals surface area contributed by atoms with Crippen molar-refractivity contribution < 1.29 is 13.2 Å². The Kier molecular flexibility index (Phi) is 4.50. The molecule has 0 spiro atoms. The van der Waals surface area contributed by atoms with E-state index < -0.39 is 10.0 Å². The summed E-state index contributed by atoms with van der Waals surface area (Å²) in [5.41, 5.74) is 0. The summed E-state index contributed by atoms with van der Waals surface area (Å²) in [7, 11) is -1.99. The summed E-state index contributed by atoms with van der Waals surface area (Å²) in [5.74, 6) is 0. The zero-order valence-corrected chi connectivity index (χ0v) is 12.6. The highest BCUT2D eigenvalue weighted by atomic mass is 35.5. The summed E-state index contributed by atoms with van der Waals surface area (Å²) >= 11 is 5.99. The quantitative estimate of drug-likeness (QED) is 0.843. The highest BCUT2D eigenvalue weighted by Gasteiger charge is 2.32. The number of rotatable bonds is 3. The Labute approximate surface area is 118 Å². The number of ether oxygens (including phenoxy) is 1. The summed E-state index contributed by atoms with van der Waals surface area (Å²) < 4.78 is 33.6. The van der Waals surface area contributed by atoms with E-state index in [9.17, 15) is 8.42 Å². The molecule has 2 rings (SSSR count). The van der Waals surface area contributed by atoms with Crippen molar-refractivity contribution in [1.82, 2.24) is 13.9 Å². The molecular formula is C11H18ClN3O3S. The molecule has 1 unspecified atom stereocenters. The largest absolute Gasteiger partial charge is 0.377 e. The molecule has 0 aliphatic carbocycles. The van der Waals surface area contributed by atoms with Gasteiger partial charge in [0.05, 0.1) is 12.4 Å². The second-order valence-electron chi connectivity index (χ2n) is 4.57. The molecule has 108 valence electrons. The van der Waals surface area contributed by atoms with Crippen molar-refractivity contribution >= 4 is 21.6 Å². The molecule has 0 radical (unpaired) electrons. The smallest absolute Gasteiger partial charge is 0.263 e. The van der Waals surface area contributed by atoms with E-state index in [-0.39, 0.29) is 16.3 Å². The van der Waals surface area contributed by atoms with Gasteiger partial charge in [-0.15, -0.1) is 0 Å². The van der Waals surface area contributed by atoms with Gasteiger partial charge in [-0.3, -0.25) is 0 Å². The predicted molar refractivity (Wildman–Crippen MR) is 71.6 cm³/mol. The van der Waals surface area contributed by atoms with Crippen LogP contribution >= 0.6 is 11.6 Å². The average molecular weight is 308 g/mol. The molecule has 0 bridgehead atoms. The number of nitrogens with zero attached hydrogens (tertiary/aromatic N) is 3. The van der Waals surface area contributed by atoms with Crippen molar-refractivity contribution in [3.63, 3.8) is 0 Å². The van der Waals surface area contributed by atoms with Crippen LogP contribution in [-0.2, 0) is 21.8 Å². The van der Waals surface area contributed by atoms with Crippen molar-refractivity contribution in [3.05, 3.63) is 11.5 Å². The fraction of sp³-hybridized carbons (Fsp3) is 0.727. The molecule has 8 heteroatoms. The Morgan fingerprint density at radius 3 is 2.89 bits per heavy atom. The standard InChI is InChI=1S/C11H18ClN3O3S/c1-3-9-7-15(5-4-6-18-9)19(16,17)11-10(12)14(2)8-13-11/h8-9H,3-7H2,1-2H3. The van der Waals surface area contributed by atoms with E-state index in [0.717, 1.165) is 6.42 Å². The van der Waals surface area contributed by atoms with Crippen LogP contribution in [0.15, 0.2) is 11.4 Å². The Morgan fingerprint density at radius 2 is 2.32 bits per heavy atom. The van der Waals surface area contributed by atoms with Crippen LogP contribution in [0.25, 0.3) is 0 Å². The highest BCUT2D eigenvalue weighted by molar-refractivity contribution is 7.89. The van der Waals surface area contributed by atoms with Gasteiger partial charge in [0.2, 0.25) is 5.03 Å². The lowest BCUT2D eigenvalue weighted by Crippen LogP contribution is -2.37. The summed E-state index contributed by atoms with van der Waals surface area (Å²) in [6.07, 6.45) is 2.79. The first kappa shape index (κ1) is 14.8. The fourth-order valence-corrected chi connectivity index (χ4v) is 3.92. The number of halogens is 1. The molecule has 1 aliphatic rings. The molecule has 1 fully saturated rings. The van der Waals surface area contributed by atoms with E-state index >= 15 is 0 Å². The molecule has 1 aromatic heterocycles. The maximum atomic E-state index is 12.5. The highest BCUT2D eigenvalue weighted by Crippen LogP contribution is 2.24. The summed E-state index contributed by atoms with van der Waals surface area (Å²) in [6, 6.07) is 0. The number of hydrogen-bond donors (Lipinski definition) is 0. The predicted octanol–water partition coefficient (Wildman–Crippen LogP) is 1.26. The topological polar surface area (TPSA) is 64.4 Å². The second kappa shape index (κ2) is 5.78. The van der Waals surface area contributed by atoms with Crippen molar-refractivity contribution in [1.29, 1.82) is 0 Å². The van der Waals surface area contributed by atoms with Crippen LogP contribution in [0.2, 0.25) is 5.15 Å². The molecule has 1 saturated heterocycles. The zero-order chi connectivity index (χ0) is 14.0. The number of sulfonamides is 1. The molecule has 0 N–H and O–H groups in total. The van der Waals surface area contributed by atoms with Gasteiger partial charge in [-0.25, -0.2) is 13.4 Å². The first-order valence-corrected chi connectivity index (χ1v) is 8.07. The van der Waals surface area contributed by atoms with Gasteiger partial charge in [-0.1, -0.05) is 18.5 Å². The van der Waals surface area contributed by atoms with Gasteiger partial charge in [0.1, 0.15) is 5.15 Å². The number of imidazole rings is 1. The second-order valence-corrected chi connectivity index (χ2v) is 6.78. The first-order chi connectivity index (χ1) is 8.96. The Morgan fingerprint density at radius 1 is 1.58 bits per heavy atom. The molecular weight excluding hydrogens is 290 g/mol. The minimum absolute atomic E-state index is 0.0697. The van der Waals surface area contributed by atoms with Crippen LogP contribution in [0.4, 0.5) is 0 Å². The van der Waals surface area contributed by atoms with E-state index in [1.54, 1.807) is 7.05 Å². The van der Waals surface area contributed by atoms with Crippen molar-refractivity contribution in [2.75, 3.05) is 19.7 Å². The fourth-order valence-electron chi connectivity index (χ4n) is 2.02. The average Bonchev–Trinajstić information content (AvgIpc) is 2.61. The molecule has 1 aromatic rings. The van der Waals surface area contributed by atoms with Gasteiger partial charge >= 0.3 is 0 Å². The molecule has 0 saturated carbocycles. The lowest BCUT2D eigenvalue weighted by molar-refractivity contribution is 0.0592. The van der Waals surface area contributed by atoms with Crippen LogP contribution in [-0.4, -0.2) is 48.1 Å². The lowest BCUT2D eigenvalue weighted by atomic mass is 10.3. The zero-order valence-electron chi connectivity index (χ0n) is 11.0. The number of hydrogen-bond acceptors (Lipinski definition) is 4. The van der Waals surface area contributed by atoms with E-state index in [1.165, 1.54) is 15.2 Å². The molecule has 1 atom stereocenters. The Hall–Kier alpha value is -0.630. The van der Waals surface area contributed by atoms with Gasteiger partial charge in [0, 0.05) is 26.7 Å². The van der Waals surface area contributed by atoms with Crippen molar-refractivity contribution in [3.8, 4) is 0 Å². The van der Waals surface area contributed by atoms with Gasteiger partial charge in [-0.2, -0.15) is 4.31 Å². The van der Waals surface area contributed by atoms with Crippen molar-refractivity contribution in [2.45, 2.75) is 30.9 Å². The SMILES string of the molecule is CCC1CN(S(=O)(=O)c2ncn(C)c2Cl)CCCO1. The van der Waals surface area contributed by atoms with E-state index in [2.05, 4.69) is 4.98 Å². The summed E-state index contributed by atoms with van der Waals surface area (Å²) in [5, 5.41) is 0.0617. The van der Waals surface area contributed by atoms with Crippen LogP contribution in [0, 0.1) is 0 Å². The van der Waals surface area contributed by atoms with E-state index in [0.29, 0.717) is 26.1 Å². The third-order valence-corrected chi connectivity index (χ3v) is 5.54. The summed E-state index contributed by atoms with van der Waals surface area (Å²) in [6.45, 7) is 3.35. The van der Waals surface area contributed by atoms with Gasteiger partial charge < -0.3 is 9.30 Å². The molecule has 1 aliphatic heterocycles. The minimum Gasteiger partial charge on any atom is -0.377 e. The normalized spacial score (nSPS) is 22.4. The van der Waals surface area contributed by atoms with Gasteiger partial charge in [0.15, 0.2) is 0 Å². The summed E-state index contributed by atoms with van der Waals surface area (Å²) in [4.78, 5) is 3.90. The van der Waals surface area contributed by atoms with Crippen LogP contribution in [0.5, 0.6) is 0 Å². The number of aromatic nitrogens is 2. The molecule has 19 heavy (non-hydrogen) atoms. The minimum atomic E-state index is -3.65. The molecule has 0 aromatic carbocycles. The molecule has 0 amide bonds. The van der Waals surface area contributed by atoms with Crippen LogP contribution in [0.3, 0.4) is 0 Å². The Bertz CT molecular complexity index is 543. The van der Waals surface area contributed by atoms with E-state index in [4.69, 9.17) is 16.3 Å². The lowest BCUT2D eigenvalue weighted by Gasteiger charge is -2.21. The van der Waals surface area contributed by atoms with Crippen molar-refractivity contribution in [2.24, 2.45) is 7.05 Å². The Balaban J connectivity index is 2.30. The van der Waals surface area contributed by atoms with Gasteiger partial charge in [-0.05, 0) is 12.8 Å². The third kappa shape index (κ3) is 2.94. The van der Waals surface area contributed by atoms with E-state index in [1.807, 2.05) is 6.92 Å². The maximum Gasteiger partial charge on any atom is 0.263 e. The first-order valence-electron chi connectivity index (χ1n) is 6.25. The monoisotopic (exact) mass is 307 g/mol. The maximum absolute atomic E-state index is 12.5. The van der Waals surface area contributed by atoms with Crippen LogP contribution < -0.4 is 0 Å².